The van der Waals surface area contributed by atoms with E-state index in [0.717, 1.165) is 5.56 Å². The molecule has 2 aromatic carbocycles. The number of benzene rings is 2. The SMILES string of the molecule is N#Cc1cc([N+](=O)[O-])ccc1N[C@@H](Cn1cncn1)c1ccccc1. The summed E-state index contributed by atoms with van der Waals surface area (Å²) in [6, 6.07) is 15.7. The Morgan fingerprint density at radius 2 is 2.08 bits per heavy atom. The van der Waals surface area contributed by atoms with Gasteiger partial charge in [-0.1, -0.05) is 30.3 Å². The van der Waals surface area contributed by atoms with Crippen molar-refractivity contribution in [1.82, 2.24) is 14.8 Å². The molecule has 1 aromatic heterocycles. The molecule has 0 radical (unpaired) electrons. The standard InChI is InChI=1S/C17H14N6O2/c18-9-14-8-15(23(24)25)6-7-16(14)21-17(10-22-12-19-11-20-22)13-4-2-1-3-5-13/h1-8,11-12,17,21H,10H2/t17-/m0/s1. The maximum Gasteiger partial charge on any atom is 0.270 e. The van der Waals surface area contributed by atoms with Crippen molar-refractivity contribution in [3.8, 4) is 6.07 Å². The fourth-order valence-electron chi connectivity index (χ4n) is 2.49. The van der Waals surface area contributed by atoms with Gasteiger partial charge in [0.05, 0.1) is 28.8 Å². The van der Waals surface area contributed by atoms with Crippen molar-refractivity contribution in [3.63, 3.8) is 0 Å². The number of non-ortho nitro benzene ring substituents is 1. The van der Waals surface area contributed by atoms with Crippen LogP contribution in [0.2, 0.25) is 0 Å². The van der Waals surface area contributed by atoms with Crippen LogP contribution in [-0.2, 0) is 6.54 Å². The molecule has 1 N–H and O–H groups in total. The lowest BCUT2D eigenvalue weighted by Gasteiger charge is -2.21. The summed E-state index contributed by atoms with van der Waals surface area (Å²) in [5.74, 6) is 0. The van der Waals surface area contributed by atoms with Gasteiger partial charge >= 0.3 is 0 Å². The minimum Gasteiger partial charge on any atom is -0.375 e. The number of hydrogen-bond donors (Lipinski definition) is 1. The lowest BCUT2D eigenvalue weighted by Crippen LogP contribution is -2.18. The Bertz CT molecular complexity index is 903. The molecular weight excluding hydrogens is 320 g/mol. The summed E-state index contributed by atoms with van der Waals surface area (Å²) >= 11 is 0. The fraction of sp³-hybridized carbons (Fsp3) is 0.118. The van der Waals surface area contributed by atoms with Crippen molar-refractivity contribution in [2.45, 2.75) is 12.6 Å². The van der Waals surface area contributed by atoms with Gasteiger partial charge in [0.15, 0.2) is 0 Å². The molecule has 25 heavy (non-hydrogen) atoms. The van der Waals surface area contributed by atoms with Crippen molar-refractivity contribution in [1.29, 1.82) is 5.26 Å². The Morgan fingerprint density at radius 1 is 1.28 bits per heavy atom. The summed E-state index contributed by atoms with van der Waals surface area (Å²) in [4.78, 5) is 14.3. The van der Waals surface area contributed by atoms with E-state index in [-0.39, 0.29) is 17.3 Å². The maximum absolute atomic E-state index is 10.9. The van der Waals surface area contributed by atoms with Crippen molar-refractivity contribution in [2.75, 3.05) is 5.32 Å². The molecule has 0 aliphatic heterocycles. The zero-order valence-electron chi connectivity index (χ0n) is 13.1. The average molecular weight is 334 g/mol. The van der Waals surface area contributed by atoms with Gasteiger partial charge in [0.2, 0.25) is 0 Å². The van der Waals surface area contributed by atoms with Crippen molar-refractivity contribution < 1.29 is 4.92 Å². The van der Waals surface area contributed by atoms with Crippen LogP contribution in [0.25, 0.3) is 0 Å². The molecule has 0 saturated heterocycles. The lowest BCUT2D eigenvalue weighted by molar-refractivity contribution is -0.384. The Balaban J connectivity index is 1.92. The van der Waals surface area contributed by atoms with Crippen LogP contribution in [0, 0.1) is 21.4 Å². The molecular formula is C17H14N6O2. The van der Waals surface area contributed by atoms with Gasteiger partial charge in [0.25, 0.3) is 5.69 Å². The van der Waals surface area contributed by atoms with E-state index in [1.807, 2.05) is 36.4 Å². The maximum atomic E-state index is 10.9. The minimum atomic E-state index is -0.519. The average Bonchev–Trinajstić information content (AvgIpc) is 3.15. The normalized spacial score (nSPS) is 11.5. The number of nitrogens with zero attached hydrogens (tertiary/aromatic N) is 5. The number of nitriles is 1. The highest BCUT2D eigenvalue weighted by Gasteiger charge is 2.16. The van der Waals surface area contributed by atoms with E-state index in [4.69, 9.17) is 0 Å². The first-order valence-corrected chi connectivity index (χ1v) is 7.50. The van der Waals surface area contributed by atoms with Crippen molar-refractivity contribution in [2.24, 2.45) is 0 Å². The van der Waals surface area contributed by atoms with Crippen LogP contribution in [0.1, 0.15) is 17.2 Å². The second-order valence-corrected chi connectivity index (χ2v) is 5.32. The van der Waals surface area contributed by atoms with Crippen LogP contribution >= 0.6 is 0 Å². The first kappa shape index (κ1) is 16.1. The van der Waals surface area contributed by atoms with Gasteiger partial charge in [-0.15, -0.1) is 0 Å². The van der Waals surface area contributed by atoms with Crippen LogP contribution in [0.3, 0.4) is 0 Å². The summed E-state index contributed by atoms with van der Waals surface area (Å²) in [6.45, 7) is 0.492. The number of nitrogens with one attached hydrogen (secondary N) is 1. The van der Waals surface area contributed by atoms with E-state index in [1.165, 1.54) is 18.5 Å². The second-order valence-electron chi connectivity index (χ2n) is 5.32. The molecule has 0 aliphatic carbocycles. The van der Waals surface area contributed by atoms with Crippen LogP contribution < -0.4 is 5.32 Å². The van der Waals surface area contributed by atoms with E-state index in [9.17, 15) is 15.4 Å². The number of hydrogen-bond acceptors (Lipinski definition) is 6. The van der Waals surface area contributed by atoms with Crippen molar-refractivity contribution >= 4 is 11.4 Å². The van der Waals surface area contributed by atoms with Gasteiger partial charge in [-0.3, -0.25) is 14.8 Å². The van der Waals surface area contributed by atoms with Gasteiger partial charge in [0.1, 0.15) is 18.7 Å². The largest absolute Gasteiger partial charge is 0.375 e. The molecule has 3 aromatic rings. The summed E-state index contributed by atoms with van der Waals surface area (Å²) in [7, 11) is 0. The summed E-state index contributed by atoms with van der Waals surface area (Å²) in [5, 5.41) is 27.6. The summed E-state index contributed by atoms with van der Waals surface area (Å²) in [5.41, 5.74) is 1.63. The molecule has 124 valence electrons. The van der Waals surface area contributed by atoms with Gasteiger partial charge in [-0.25, -0.2) is 4.98 Å². The molecule has 8 heteroatoms. The summed E-state index contributed by atoms with van der Waals surface area (Å²) in [6.07, 6.45) is 3.06. The highest BCUT2D eigenvalue weighted by molar-refractivity contribution is 5.62. The Kier molecular flexibility index (Phi) is 4.67. The molecule has 1 heterocycles. The van der Waals surface area contributed by atoms with E-state index < -0.39 is 4.92 Å². The molecule has 0 aliphatic rings. The number of nitro benzene ring substituents is 1. The monoisotopic (exact) mass is 334 g/mol. The summed E-state index contributed by atoms with van der Waals surface area (Å²) < 4.78 is 1.68. The van der Waals surface area contributed by atoms with Crippen LogP contribution in [-0.4, -0.2) is 19.7 Å². The van der Waals surface area contributed by atoms with E-state index in [0.29, 0.717) is 12.2 Å². The van der Waals surface area contributed by atoms with Crippen LogP contribution in [0.4, 0.5) is 11.4 Å². The number of nitro groups is 1. The third-order valence-corrected chi connectivity index (χ3v) is 3.70. The van der Waals surface area contributed by atoms with E-state index >= 15 is 0 Å². The third-order valence-electron chi connectivity index (χ3n) is 3.70. The molecule has 3 rings (SSSR count). The second kappa shape index (κ2) is 7.23. The predicted molar refractivity (Wildman–Crippen MR) is 90.6 cm³/mol. The quantitative estimate of drug-likeness (QED) is 0.548. The number of anilines is 1. The third kappa shape index (κ3) is 3.79. The highest BCUT2D eigenvalue weighted by atomic mass is 16.6. The van der Waals surface area contributed by atoms with Crippen LogP contribution in [0.5, 0.6) is 0 Å². The van der Waals surface area contributed by atoms with Crippen LogP contribution in [0.15, 0.2) is 61.2 Å². The van der Waals surface area contributed by atoms with Gasteiger partial charge in [-0.05, 0) is 11.6 Å². The number of rotatable bonds is 6. The fourth-order valence-corrected chi connectivity index (χ4v) is 2.49. The molecule has 0 amide bonds. The smallest absolute Gasteiger partial charge is 0.270 e. The van der Waals surface area contributed by atoms with Crippen molar-refractivity contribution in [3.05, 3.63) is 82.4 Å². The first-order valence-electron chi connectivity index (χ1n) is 7.50. The Labute approximate surface area is 143 Å². The highest BCUT2D eigenvalue weighted by Crippen LogP contribution is 2.26. The zero-order valence-corrected chi connectivity index (χ0v) is 13.1. The number of aromatic nitrogens is 3. The Morgan fingerprint density at radius 3 is 2.72 bits per heavy atom. The molecule has 0 fully saturated rings. The molecule has 0 bridgehead atoms. The predicted octanol–water partition coefficient (Wildman–Crippen LogP) is 2.91. The van der Waals surface area contributed by atoms with Gasteiger partial charge in [0, 0.05) is 12.1 Å². The molecule has 0 spiro atoms. The van der Waals surface area contributed by atoms with E-state index in [1.54, 1.807) is 17.1 Å². The zero-order chi connectivity index (χ0) is 17.6. The Hall–Kier alpha value is -3.73. The molecule has 1 atom stereocenters. The van der Waals surface area contributed by atoms with E-state index in [2.05, 4.69) is 15.4 Å². The lowest BCUT2D eigenvalue weighted by atomic mass is 10.1. The topological polar surface area (TPSA) is 110 Å². The first-order chi connectivity index (χ1) is 12.2. The van der Waals surface area contributed by atoms with Gasteiger partial charge in [-0.2, -0.15) is 10.4 Å². The molecule has 0 unspecified atom stereocenters. The molecule has 0 saturated carbocycles. The van der Waals surface area contributed by atoms with Gasteiger partial charge < -0.3 is 5.32 Å². The minimum absolute atomic E-state index is 0.116. The molecule has 8 nitrogen and oxygen atoms in total.